The second kappa shape index (κ2) is 18.4. The molecular weight excluding hydrogens is 832 g/mol. The van der Waals surface area contributed by atoms with E-state index in [1.165, 1.54) is 18.1 Å². The van der Waals surface area contributed by atoms with E-state index in [2.05, 4.69) is 31.8 Å². The third kappa shape index (κ3) is 8.26. The van der Waals surface area contributed by atoms with Crippen LogP contribution in [0.25, 0.3) is 11.2 Å². The number of hydrogen-bond acceptors (Lipinski definition) is 14. The van der Waals surface area contributed by atoms with Crippen molar-refractivity contribution in [2.24, 2.45) is 0 Å². The van der Waals surface area contributed by atoms with Gasteiger partial charge in [0.1, 0.15) is 46.8 Å². The van der Waals surface area contributed by atoms with Crippen molar-refractivity contribution in [3.8, 4) is 11.5 Å². The van der Waals surface area contributed by atoms with Crippen LogP contribution in [0.15, 0.2) is 122 Å². The average Bonchev–Trinajstić information content (AvgIpc) is 4.13. The molecule has 3 saturated heterocycles. The molecule has 16 heteroatoms. The molecule has 0 aliphatic carbocycles. The number of carbonyl (C=O) groups is 1. The standard InChI is InChI=1S/C45H47N6O7PS2/c1-53-35-19-15-33(16-20-35)45(32-13-7-4-8-14-32,34-17-21-36(54-2)22-18-34)56-28-44-27-55-38(42(57-44)51-30-49-37-40(46)47-29-48-41(37)51)39(44)58-59(50-23-9-10-24-50)61-26-25-60-43(52)31-11-5-3-6-12-31/h3-8,11-22,29-30,38-39,42H,9-10,23-28H2,1-2H3,(H2,46,47,48)/t38-,39?,42+,44+,59?/m0/s1. The van der Waals surface area contributed by atoms with Gasteiger partial charge in [0.2, 0.25) is 5.12 Å². The molecule has 5 heterocycles. The topological polar surface area (TPSA) is 145 Å². The Morgan fingerprint density at radius 1 is 0.852 bits per heavy atom. The Labute approximate surface area is 364 Å². The van der Waals surface area contributed by atoms with Crippen molar-refractivity contribution >= 4 is 52.7 Å². The minimum Gasteiger partial charge on any atom is -0.497 e. The number of aromatic nitrogens is 4. The summed E-state index contributed by atoms with van der Waals surface area (Å²) < 4.78 is 44.4. The molecular formula is C45H47N6O7PS2. The highest BCUT2D eigenvalue weighted by atomic mass is 32.7. The lowest BCUT2D eigenvalue weighted by Gasteiger charge is -2.40. The first kappa shape index (κ1) is 41.8. The van der Waals surface area contributed by atoms with E-state index in [4.69, 9.17) is 33.9 Å². The van der Waals surface area contributed by atoms with Gasteiger partial charge in [-0.05, 0) is 53.8 Å². The fourth-order valence-electron chi connectivity index (χ4n) is 8.28. The first-order valence-corrected chi connectivity index (χ1v) is 24.0. The SMILES string of the molecule is COc1ccc(C(OC[C@]23CO[C@@H](C2OP(SCCSC(=O)c2ccccc2)N2CCCC2)[C@H](n2cnc4c(N)ncnc42)O3)(c2ccccc2)c2ccc(OC)cc2)cc1. The number of fused-ring (bicyclic) bond motifs is 3. The average molecular weight is 879 g/mol. The Hall–Kier alpha value is -4.57. The Balaban J connectivity index is 1.08. The van der Waals surface area contributed by atoms with Crippen molar-refractivity contribution in [2.45, 2.75) is 42.5 Å². The molecule has 2 N–H and O–H groups in total. The van der Waals surface area contributed by atoms with Gasteiger partial charge in [0, 0.05) is 30.2 Å². The molecule has 2 aromatic heterocycles. The number of nitrogens with two attached hydrogens (primary N) is 1. The van der Waals surface area contributed by atoms with Crippen LogP contribution in [-0.2, 0) is 24.3 Å². The maximum atomic E-state index is 13.0. The Morgan fingerprint density at radius 3 is 2.15 bits per heavy atom. The van der Waals surface area contributed by atoms with E-state index in [-0.39, 0.29) is 24.1 Å². The number of benzene rings is 4. The second-order valence-electron chi connectivity index (χ2n) is 15.0. The molecule has 6 aromatic rings. The molecule has 2 bridgehead atoms. The summed E-state index contributed by atoms with van der Waals surface area (Å²) >= 11 is 3.10. The van der Waals surface area contributed by atoms with E-state index < -0.39 is 37.1 Å². The number of ether oxygens (including phenoxy) is 5. The molecule has 61 heavy (non-hydrogen) atoms. The molecule has 13 nitrogen and oxygen atoms in total. The summed E-state index contributed by atoms with van der Waals surface area (Å²) in [5.41, 5.74) is 8.52. The molecule has 3 aliphatic heterocycles. The van der Waals surface area contributed by atoms with Gasteiger partial charge in [-0.1, -0.05) is 108 Å². The third-order valence-electron chi connectivity index (χ3n) is 11.4. The van der Waals surface area contributed by atoms with Gasteiger partial charge < -0.3 is 33.9 Å². The van der Waals surface area contributed by atoms with Crippen LogP contribution in [0.5, 0.6) is 11.5 Å². The van der Waals surface area contributed by atoms with Gasteiger partial charge in [-0.2, -0.15) is 0 Å². The maximum Gasteiger partial charge on any atom is 0.219 e. The number of imidazole rings is 1. The zero-order valence-corrected chi connectivity index (χ0v) is 36.4. The number of methoxy groups -OCH3 is 2. The number of anilines is 1. The first-order chi connectivity index (χ1) is 29.9. The van der Waals surface area contributed by atoms with Crippen molar-refractivity contribution in [3.63, 3.8) is 0 Å². The molecule has 9 rings (SSSR count). The van der Waals surface area contributed by atoms with Crippen molar-refractivity contribution in [3.05, 3.63) is 144 Å². The highest BCUT2D eigenvalue weighted by Crippen LogP contribution is 2.61. The van der Waals surface area contributed by atoms with Crippen LogP contribution in [0.3, 0.4) is 0 Å². The Morgan fingerprint density at radius 2 is 1.49 bits per heavy atom. The quantitative estimate of drug-likeness (QED) is 0.0535. The normalized spacial score (nSPS) is 21.8. The molecule has 2 unspecified atom stereocenters. The fourth-order valence-corrected chi connectivity index (χ4v) is 13.6. The van der Waals surface area contributed by atoms with E-state index in [9.17, 15) is 4.79 Å². The van der Waals surface area contributed by atoms with Crippen LogP contribution >= 0.6 is 30.6 Å². The molecule has 0 amide bonds. The minimum absolute atomic E-state index is 0.0647. The van der Waals surface area contributed by atoms with Gasteiger partial charge in [0.15, 0.2) is 25.2 Å². The summed E-state index contributed by atoms with van der Waals surface area (Å²) in [5, 5.41) is 0.0647. The summed E-state index contributed by atoms with van der Waals surface area (Å²) in [6, 6.07) is 35.6. The zero-order chi connectivity index (χ0) is 41.8. The Kier molecular flexibility index (Phi) is 12.6. The molecule has 0 saturated carbocycles. The predicted molar refractivity (Wildman–Crippen MR) is 239 cm³/mol. The lowest BCUT2D eigenvalue weighted by Crippen LogP contribution is -2.49. The molecule has 5 atom stereocenters. The molecule has 316 valence electrons. The summed E-state index contributed by atoms with van der Waals surface area (Å²) in [6.45, 7) is 2.18. The molecule has 0 radical (unpaired) electrons. The van der Waals surface area contributed by atoms with Gasteiger partial charge in [0.05, 0.1) is 33.8 Å². The van der Waals surface area contributed by atoms with Gasteiger partial charge in [0.25, 0.3) is 0 Å². The maximum absolute atomic E-state index is 13.0. The lowest BCUT2D eigenvalue weighted by molar-refractivity contribution is -0.201. The van der Waals surface area contributed by atoms with Crippen molar-refractivity contribution < 1.29 is 33.0 Å². The third-order valence-corrected chi connectivity index (χ3v) is 16.6. The van der Waals surface area contributed by atoms with Crippen molar-refractivity contribution in [2.75, 3.05) is 57.8 Å². The number of nitrogen functional groups attached to an aromatic ring is 1. The summed E-state index contributed by atoms with van der Waals surface area (Å²) in [5.74, 6) is 3.12. The molecule has 4 aromatic carbocycles. The smallest absolute Gasteiger partial charge is 0.219 e. The van der Waals surface area contributed by atoms with E-state index in [0.717, 1.165) is 59.9 Å². The highest BCUT2D eigenvalue weighted by Gasteiger charge is 2.65. The van der Waals surface area contributed by atoms with E-state index >= 15 is 0 Å². The summed E-state index contributed by atoms with van der Waals surface area (Å²) in [6.07, 6.45) is 3.55. The second-order valence-corrected chi connectivity index (χ2v) is 19.7. The predicted octanol–water partition coefficient (Wildman–Crippen LogP) is 8.12. The lowest BCUT2D eigenvalue weighted by atomic mass is 9.79. The van der Waals surface area contributed by atoms with Crippen LogP contribution in [0.1, 0.15) is 46.1 Å². The van der Waals surface area contributed by atoms with Crippen LogP contribution in [0.2, 0.25) is 0 Å². The summed E-state index contributed by atoms with van der Waals surface area (Å²) in [4.78, 5) is 26.3. The van der Waals surface area contributed by atoms with Gasteiger partial charge >= 0.3 is 0 Å². The van der Waals surface area contributed by atoms with Gasteiger partial charge in [-0.25, -0.2) is 15.0 Å². The van der Waals surface area contributed by atoms with Crippen LogP contribution in [0.4, 0.5) is 5.82 Å². The molecule has 3 aliphatic rings. The van der Waals surface area contributed by atoms with Crippen molar-refractivity contribution in [1.29, 1.82) is 0 Å². The number of thioether (sulfide) groups is 1. The monoisotopic (exact) mass is 878 g/mol. The highest BCUT2D eigenvalue weighted by molar-refractivity contribution is 8.53. The fraction of sp³-hybridized carbons (Fsp3) is 0.333. The summed E-state index contributed by atoms with van der Waals surface area (Å²) in [7, 11) is 2.13. The van der Waals surface area contributed by atoms with Gasteiger partial charge in [-0.3, -0.25) is 14.0 Å². The number of hydrogen-bond donors (Lipinski definition) is 1. The van der Waals surface area contributed by atoms with Crippen LogP contribution < -0.4 is 15.2 Å². The van der Waals surface area contributed by atoms with E-state index in [1.54, 1.807) is 31.9 Å². The molecule has 3 fully saturated rings. The van der Waals surface area contributed by atoms with Crippen molar-refractivity contribution in [1.82, 2.24) is 24.2 Å². The first-order valence-electron chi connectivity index (χ1n) is 20.2. The van der Waals surface area contributed by atoms with E-state index in [0.29, 0.717) is 22.5 Å². The number of rotatable bonds is 17. The van der Waals surface area contributed by atoms with Crippen LogP contribution in [0, 0.1) is 0 Å². The van der Waals surface area contributed by atoms with Gasteiger partial charge in [-0.15, -0.1) is 0 Å². The number of nitrogens with zero attached hydrogens (tertiary/aromatic N) is 5. The Bertz CT molecular complexity index is 2360. The number of carbonyl (C=O) groups excluding carboxylic acids is 1. The minimum atomic E-state index is -1.19. The largest absolute Gasteiger partial charge is 0.497 e. The molecule has 0 spiro atoms. The zero-order valence-electron chi connectivity index (χ0n) is 33.9. The van der Waals surface area contributed by atoms with E-state index in [1.807, 2.05) is 102 Å². The van der Waals surface area contributed by atoms with Crippen LogP contribution in [-0.4, -0.2) is 99.1 Å².